The molecule has 1 fully saturated rings. The number of nitrogens with two attached hydrogens (primary N) is 1. The number of carbonyl (C=O) groups excluding carboxylic acids is 1. The van der Waals surface area contributed by atoms with E-state index in [-0.39, 0.29) is 12.0 Å². The van der Waals surface area contributed by atoms with Crippen LogP contribution in [0.2, 0.25) is 0 Å². The number of hydrogen-bond donors (Lipinski definition) is 2. The van der Waals surface area contributed by atoms with Crippen LogP contribution in [0.3, 0.4) is 0 Å². The molecule has 0 unspecified atom stereocenters. The van der Waals surface area contributed by atoms with Crippen molar-refractivity contribution in [2.75, 3.05) is 26.4 Å². The summed E-state index contributed by atoms with van der Waals surface area (Å²) >= 11 is 0. The van der Waals surface area contributed by atoms with Crippen molar-refractivity contribution in [2.45, 2.75) is 18.9 Å². The fourth-order valence-electron chi connectivity index (χ4n) is 2.03. The van der Waals surface area contributed by atoms with Crippen molar-refractivity contribution in [3.05, 3.63) is 29.8 Å². The highest BCUT2D eigenvalue weighted by Crippen LogP contribution is 2.14. The SMILES string of the molecule is NNC(=O)c1cccc(OCCOC2CCOCC2)c1. The molecule has 6 nitrogen and oxygen atoms in total. The van der Waals surface area contributed by atoms with Gasteiger partial charge in [0.25, 0.3) is 5.91 Å². The van der Waals surface area contributed by atoms with E-state index in [1.54, 1.807) is 24.3 Å². The van der Waals surface area contributed by atoms with Crippen LogP contribution in [0.5, 0.6) is 5.75 Å². The zero-order chi connectivity index (χ0) is 14.2. The van der Waals surface area contributed by atoms with E-state index in [1.807, 2.05) is 0 Å². The van der Waals surface area contributed by atoms with E-state index >= 15 is 0 Å². The van der Waals surface area contributed by atoms with E-state index in [2.05, 4.69) is 5.43 Å². The lowest BCUT2D eigenvalue weighted by Gasteiger charge is -2.22. The van der Waals surface area contributed by atoms with Crippen LogP contribution in [-0.2, 0) is 9.47 Å². The number of benzene rings is 1. The van der Waals surface area contributed by atoms with Gasteiger partial charge < -0.3 is 14.2 Å². The molecule has 1 aromatic carbocycles. The first-order valence-corrected chi connectivity index (χ1v) is 6.73. The molecule has 1 heterocycles. The Hall–Kier alpha value is -1.63. The Balaban J connectivity index is 1.72. The molecule has 1 saturated heterocycles. The Labute approximate surface area is 118 Å². The molecule has 1 amide bonds. The van der Waals surface area contributed by atoms with E-state index in [9.17, 15) is 4.79 Å². The topological polar surface area (TPSA) is 82.8 Å². The van der Waals surface area contributed by atoms with Gasteiger partial charge in [-0.05, 0) is 31.0 Å². The van der Waals surface area contributed by atoms with Gasteiger partial charge in [-0.15, -0.1) is 0 Å². The van der Waals surface area contributed by atoms with Crippen LogP contribution in [0.25, 0.3) is 0 Å². The minimum absolute atomic E-state index is 0.265. The summed E-state index contributed by atoms with van der Waals surface area (Å²) < 4.78 is 16.5. The predicted molar refractivity (Wildman–Crippen MR) is 73.4 cm³/mol. The van der Waals surface area contributed by atoms with Crippen LogP contribution in [0.15, 0.2) is 24.3 Å². The molecule has 0 aliphatic carbocycles. The minimum atomic E-state index is -0.339. The number of nitrogens with one attached hydrogen (secondary N) is 1. The molecule has 0 bridgehead atoms. The van der Waals surface area contributed by atoms with Gasteiger partial charge in [-0.1, -0.05) is 6.07 Å². The lowest BCUT2D eigenvalue weighted by atomic mass is 10.2. The largest absolute Gasteiger partial charge is 0.491 e. The third kappa shape index (κ3) is 4.48. The first-order chi connectivity index (χ1) is 9.79. The molecule has 3 N–H and O–H groups in total. The van der Waals surface area contributed by atoms with Gasteiger partial charge in [0.15, 0.2) is 0 Å². The maximum absolute atomic E-state index is 11.4. The minimum Gasteiger partial charge on any atom is -0.491 e. The second-order valence-corrected chi connectivity index (χ2v) is 4.53. The van der Waals surface area contributed by atoms with Crippen LogP contribution in [-0.4, -0.2) is 38.4 Å². The van der Waals surface area contributed by atoms with E-state index in [4.69, 9.17) is 20.1 Å². The fraction of sp³-hybridized carbons (Fsp3) is 0.500. The van der Waals surface area contributed by atoms with Crippen molar-refractivity contribution in [1.29, 1.82) is 0 Å². The second-order valence-electron chi connectivity index (χ2n) is 4.53. The second kappa shape index (κ2) is 7.84. The fourth-order valence-corrected chi connectivity index (χ4v) is 2.03. The monoisotopic (exact) mass is 280 g/mol. The Bertz CT molecular complexity index is 433. The molecule has 110 valence electrons. The molecule has 1 aromatic rings. The zero-order valence-corrected chi connectivity index (χ0v) is 11.3. The number of amides is 1. The Morgan fingerprint density at radius 1 is 1.35 bits per heavy atom. The highest BCUT2D eigenvalue weighted by Gasteiger charge is 2.13. The molecule has 1 aliphatic heterocycles. The van der Waals surface area contributed by atoms with Crippen LogP contribution in [0, 0.1) is 0 Å². The number of nitrogen functional groups attached to an aromatic ring is 1. The third-order valence-electron chi connectivity index (χ3n) is 3.10. The van der Waals surface area contributed by atoms with Gasteiger partial charge >= 0.3 is 0 Å². The van der Waals surface area contributed by atoms with E-state index in [1.165, 1.54) is 0 Å². The van der Waals surface area contributed by atoms with Crippen LogP contribution >= 0.6 is 0 Å². The molecule has 0 saturated carbocycles. The molecule has 0 aromatic heterocycles. The zero-order valence-electron chi connectivity index (χ0n) is 11.3. The molecule has 20 heavy (non-hydrogen) atoms. The van der Waals surface area contributed by atoms with Gasteiger partial charge in [0.2, 0.25) is 0 Å². The molecular weight excluding hydrogens is 260 g/mol. The summed E-state index contributed by atoms with van der Waals surface area (Å²) in [5.74, 6) is 5.38. The molecule has 0 radical (unpaired) electrons. The summed E-state index contributed by atoms with van der Waals surface area (Å²) in [6, 6.07) is 6.87. The van der Waals surface area contributed by atoms with Crippen molar-refractivity contribution in [3.63, 3.8) is 0 Å². The highest BCUT2D eigenvalue weighted by atomic mass is 16.5. The Morgan fingerprint density at radius 3 is 2.90 bits per heavy atom. The summed E-state index contributed by atoms with van der Waals surface area (Å²) in [6.45, 7) is 2.51. The van der Waals surface area contributed by atoms with E-state index in [0.29, 0.717) is 24.5 Å². The van der Waals surface area contributed by atoms with Crippen molar-refractivity contribution >= 4 is 5.91 Å². The number of rotatable bonds is 6. The average Bonchev–Trinajstić information content (AvgIpc) is 2.52. The number of carbonyl (C=O) groups is 1. The predicted octanol–water partition coefficient (Wildman–Crippen LogP) is 0.864. The van der Waals surface area contributed by atoms with Gasteiger partial charge in [-0.2, -0.15) is 0 Å². The molecule has 0 spiro atoms. The molecular formula is C14H20N2O4. The van der Waals surface area contributed by atoms with Crippen LogP contribution < -0.4 is 16.0 Å². The van der Waals surface area contributed by atoms with Crippen molar-refractivity contribution in [2.24, 2.45) is 5.84 Å². The van der Waals surface area contributed by atoms with Gasteiger partial charge in [0.05, 0.1) is 12.7 Å². The van der Waals surface area contributed by atoms with Crippen LogP contribution in [0.4, 0.5) is 0 Å². The average molecular weight is 280 g/mol. The van der Waals surface area contributed by atoms with Crippen molar-refractivity contribution in [1.82, 2.24) is 5.43 Å². The molecule has 2 rings (SSSR count). The van der Waals surface area contributed by atoms with Gasteiger partial charge in [-0.3, -0.25) is 10.2 Å². The Morgan fingerprint density at radius 2 is 2.15 bits per heavy atom. The first kappa shape index (κ1) is 14.8. The third-order valence-corrected chi connectivity index (χ3v) is 3.10. The molecule has 1 aliphatic rings. The van der Waals surface area contributed by atoms with Crippen molar-refractivity contribution < 1.29 is 19.0 Å². The van der Waals surface area contributed by atoms with E-state index < -0.39 is 0 Å². The van der Waals surface area contributed by atoms with Gasteiger partial charge in [0, 0.05) is 18.8 Å². The number of hydrogen-bond acceptors (Lipinski definition) is 5. The van der Waals surface area contributed by atoms with Gasteiger partial charge in [0.1, 0.15) is 12.4 Å². The molecule has 6 heteroatoms. The smallest absolute Gasteiger partial charge is 0.265 e. The standard InChI is InChI=1S/C14H20N2O4/c15-16-14(17)11-2-1-3-13(10-11)20-9-8-19-12-4-6-18-7-5-12/h1-3,10,12H,4-9,15H2,(H,16,17). The quantitative estimate of drug-likeness (QED) is 0.349. The summed E-state index contributed by atoms with van der Waals surface area (Å²) in [5.41, 5.74) is 2.56. The maximum atomic E-state index is 11.4. The summed E-state index contributed by atoms with van der Waals surface area (Å²) in [7, 11) is 0. The normalized spacial score (nSPS) is 15.8. The highest BCUT2D eigenvalue weighted by molar-refractivity contribution is 5.94. The lowest BCUT2D eigenvalue weighted by molar-refractivity contribution is -0.0388. The number of hydrazine groups is 1. The summed E-state index contributed by atoms with van der Waals surface area (Å²) in [6.07, 6.45) is 2.14. The molecule has 0 atom stereocenters. The summed E-state index contributed by atoms with van der Waals surface area (Å²) in [5, 5.41) is 0. The summed E-state index contributed by atoms with van der Waals surface area (Å²) in [4.78, 5) is 11.4. The van der Waals surface area contributed by atoms with Crippen molar-refractivity contribution in [3.8, 4) is 5.75 Å². The Kier molecular flexibility index (Phi) is 5.79. The lowest BCUT2D eigenvalue weighted by Crippen LogP contribution is -2.29. The van der Waals surface area contributed by atoms with Crippen LogP contribution in [0.1, 0.15) is 23.2 Å². The maximum Gasteiger partial charge on any atom is 0.265 e. The van der Waals surface area contributed by atoms with Gasteiger partial charge in [-0.25, -0.2) is 5.84 Å². The van der Waals surface area contributed by atoms with E-state index in [0.717, 1.165) is 26.1 Å². The number of ether oxygens (including phenoxy) is 3. The first-order valence-electron chi connectivity index (χ1n) is 6.73.